The van der Waals surface area contributed by atoms with Crippen LogP contribution in [-0.4, -0.2) is 13.2 Å². The van der Waals surface area contributed by atoms with Crippen molar-refractivity contribution in [1.82, 2.24) is 5.32 Å². The first-order valence-electron chi connectivity index (χ1n) is 8.77. The zero-order valence-electron chi connectivity index (χ0n) is 13.6. The molecule has 2 nitrogen and oxygen atoms in total. The van der Waals surface area contributed by atoms with E-state index in [4.69, 9.17) is 4.74 Å². The fraction of sp³-hybridized carbons (Fsp3) is 0.684. The molecule has 2 rings (SSSR count). The monoisotopic (exact) mass is 289 g/mol. The molecule has 118 valence electrons. The Bertz CT molecular complexity index is 391. The second-order valence-electron chi connectivity index (χ2n) is 6.46. The molecule has 0 saturated carbocycles. The van der Waals surface area contributed by atoms with Gasteiger partial charge < -0.3 is 10.1 Å². The van der Waals surface area contributed by atoms with Crippen molar-refractivity contribution in [2.75, 3.05) is 13.2 Å². The normalized spacial score (nSPS) is 23.0. The lowest BCUT2D eigenvalue weighted by Crippen LogP contribution is -2.21. The summed E-state index contributed by atoms with van der Waals surface area (Å²) in [6.07, 6.45) is 10.8. The number of hydrogen-bond donors (Lipinski definition) is 1. The molecule has 0 fully saturated rings. The van der Waals surface area contributed by atoms with E-state index in [9.17, 15) is 0 Å². The molecule has 1 heterocycles. The average Bonchev–Trinajstić information content (AvgIpc) is 2.49. The quantitative estimate of drug-likeness (QED) is 0.731. The van der Waals surface area contributed by atoms with Gasteiger partial charge in [-0.3, -0.25) is 0 Å². The van der Waals surface area contributed by atoms with Crippen LogP contribution in [-0.2, 0) is 6.54 Å². The van der Waals surface area contributed by atoms with Gasteiger partial charge in [0.2, 0.25) is 0 Å². The van der Waals surface area contributed by atoms with E-state index in [0.717, 1.165) is 31.4 Å². The Morgan fingerprint density at radius 2 is 1.67 bits per heavy atom. The number of nitrogens with one attached hydrogen (secondary N) is 1. The minimum atomic E-state index is 0.769. The van der Waals surface area contributed by atoms with Gasteiger partial charge in [0, 0.05) is 12.1 Å². The van der Waals surface area contributed by atoms with Gasteiger partial charge in [-0.15, -0.1) is 0 Å². The first kappa shape index (κ1) is 16.4. The fourth-order valence-electron chi connectivity index (χ4n) is 3.01. The Kier molecular flexibility index (Phi) is 7.66. The van der Waals surface area contributed by atoms with Crippen molar-refractivity contribution in [2.45, 2.75) is 64.8 Å². The highest BCUT2D eigenvalue weighted by Gasteiger charge is 2.06. The van der Waals surface area contributed by atoms with Crippen LogP contribution in [0.15, 0.2) is 24.3 Å². The lowest BCUT2D eigenvalue weighted by molar-refractivity contribution is 0.299. The Labute approximate surface area is 130 Å². The number of ether oxygens (including phenoxy) is 1. The van der Waals surface area contributed by atoms with Crippen molar-refractivity contribution in [3.8, 4) is 5.75 Å². The Hall–Kier alpha value is -1.02. The van der Waals surface area contributed by atoms with Gasteiger partial charge >= 0.3 is 0 Å². The predicted octanol–water partition coefficient (Wildman–Crippen LogP) is 4.93. The summed E-state index contributed by atoms with van der Waals surface area (Å²) in [5, 5.41) is 3.59. The van der Waals surface area contributed by atoms with Gasteiger partial charge in [-0.2, -0.15) is 0 Å². The van der Waals surface area contributed by atoms with E-state index in [1.807, 2.05) is 0 Å². The molecule has 0 spiro atoms. The molecular formula is C19H31NO. The van der Waals surface area contributed by atoms with Crippen LogP contribution in [0, 0.1) is 5.92 Å². The second kappa shape index (κ2) is 9.83. The maximum atomic E-state index is 5.98. The Morgan fingerprint density at radius 3 is 2.52 bits per heavy atom. The van der Waals surface area contributed by atoms with Crippen LogP contribution in [0.5, 0.6) is 5.75 Å². The summed E-state index contributed by atoms with van der Waals surface area (Å²) in [6, 6.07) is 8.45. The van der Waals surface area contributed by atoms with Crippen LogP contribution in [0.1, 0.15) is 63.9 Å². The zero-order valence-corrected chi connectivity index (χ0v) is 13.6. The van der Waals surface area contributed by atoms with Gasteiger partial charge in [0.1, 0.15) is 5.75 Å². The van der Waals surface area contributed by atoms with E-state index < -0.39 is 0 Å². The molecule has 2 heteroatoms. The summed E-state index contributed by atoms with van der Waals surface area (Å²) in [4.78, 5) is 0. The first-order chi connectivity index (χ1) is 10.4. The molecule has 1 aromatic carbocycles. The molecule has 0 bridgehead atoms. The van der Waals surface area contributed by atoms with Gasteiger partial charge in [-0.25, -0.2) is 0 Å². The topological polar surface area (TPSA) is 21.3 Å². The Morgan fingerprint density at radius 1 is 0.952 bits per heavy atom. The maximum absolute atomic E-state index is 5.98. The Balaban J connectivity index is 1.89. The molecular weight excluding hydrogens is 258 g/mol. The van der Waals surface area contributed by atoms with E-state index in [0.29, 0.717) is 0 Å². The highest BCUT2D eigenvalue weighted by molar-refractivity contribution is 5.33. The number of para-hydroxylation sites is 1. The molecule has 1 aromatic rings. The van der Waals surface area contributed by atoms with Gasteiger partial charge in [-0.1, -0.05) is 63.6 Å². The van der Waals surface area contributed by atoms with Crippen LogP contribution in [0.2, 0.25) is 0 Å². The van der Waals surface area contributed by atoms with Crippen LogP contribution >= 0.6 is 0 Å². The smallest absolute Gasteiger partial charge is 0.123 e. The summed E-state index contributed by atoms with van der Waals surface area (Å²) in [7, 11) is 0. The average molecular weight is 289 g/mol. The molecule has 0 aromatic heterocycles. The number of benzene rings is 1. The van der Waals surface area contributed by atoms with Crippen LogP contribution in [0.4, 0.5) is 0 Å². The van der Waals surface area contributed by atoms with E-state index >= 15 is 0 Å². The van der Waals surface area contributed by atoms with Crippen LogP contribution in [0.25, 0.3) is 0 Å². The van der Waals surface area contributed by atoms with Crippen molar-refractivity contribution >= 4 is 0 Å². The molecule has 1 atom stereocenters. The minimum Gasteiger partial charge on any atom is -0.493 e. The summed E-state index contributed by atoms with van der Waals surface area (Å²) in [5.74, 6) is 1.83. The van der Waals surface area contributed by atoms with Crippen molar-refractivity contribution in [3.63, 3.8) is 0 Å². The zero-order chi connectivity index (χ0) is 14.8. The second-order valence-corrected chi connectivity index (χ2v) is 6.46. The van der Waals surface area contributed by atoms with Gasteiger partial charge in [0.25, 0.3) is 0 Å². The standard InChI is InChI=1S/C19H31NO/c1-17-11-7-5-3-2-4-6-10-14-21-19-13-9-8-12-18(19)16-20-15-17/h8-9,12-13,17,20H,2-7,10-11,14-16H2,1H3. The van der Waals surface area contributed by atoms with Crippen molar-refractivity contribution < 1.29 is 4.74 Å². The number of fused-ring (bicyclic) bond motifs is 1. The molecule has 0 radical (unpaired) electrons. The number of rotatable bonds is 0. The molecule has 0 saturated heterocycles. The molecule has 1 aliphatic heterocycles. The predicted molar refractivity (Wildman–Crippen MR) is 89.7 cm³/mol. The van der Waals surface area contributed by atoms with Gasteiger partial charge in [0.05, 0.1) is 6.61 Å². The van der Waals surface area contributed by atoms with E-state index in [-0.39, 0.29) is 0 Å². The van der Waals surface area contributed by atoms with Crippen molar-refractivity contribution in [3.05, 3.63) is 29.8 Å². The number of hydrogen-bond acceptors (Lipinski definition) is 2. The molecule has 21 heavy (non-hydrogen) atoms. The van der Waals surface area contributed by atoms with Gasteiger partial charge in [0.15, 0.2) is 0 Å². The highest BCUT2D eigenvalue weighted by Crippen LogP contribution is 2.19. The molecule has 0 aliphatic carbocycles. The van der Waals surface area contributed by atoms with Crippen LogP contribution in [0.3, 0.4) is 0 Å². The molecule has 1 unspecified atom stereocenters. The molecule has 0 amide bonds. The van der Waals surface area contributed by atoms with Crippen LogP contribution < -0.4 is 10.1 Å². The first-order valence-corrected chi connectivity index (χ1v) is 8.77. The lowest BCUT2D eigenvalue weighted by Gasteiger charge is -2.15. The SMILES string of the molecule is CC1CCCCCCCCCOc2ccccc2CNC1. The third-order valence-corrected chi connectivity index (χ3v) is 4.38. The van der Waals surface area contributed by atoms with E-state index in [1.54, 1.807) is 0 Å². The van der Waals surface area contributed by atoms with E-state index in [1.165, 1.54) is 56.9 Å². The summed E-state index contributed by atoms with van der Waals surface area (Å²) in [5.41, 5.74) is 1.29. The summed E-state index contributed by atoms with van der Waals surface area (Å²) >= 11 is 0. The largest absolute Gasteiger partial charge is 0.493 e. The van der Waals surface area contributed by atoms with Crippen molar-refractivity contribution in [1.29, 1.82) is 0 Å². The minimum absolute atomic E-state index is 0.769. The molecule has 1 N–H and O–H groups in total. The van der Waals surface area contributed by atoms with E-state index in [2.05, 4.69) is 36.5 Å². The maximum Gasteiger partial charge on any atom is 0.123 e. The fourth-order valence-corrected chi connectivity index (χ4v) is 3.01. The van der Waals surface area contributed by atoms with Gasteiger partial charge in [-0.05, 0) is 31.4 Å². The highest BCUT2D eigenvalue weighted by atomic mass is 16.5. The molecule has 1 aliphatic rings. The summed E-state index contributed by atoms with van der Waals surface area (Å²) < 4.78 is 5.98. The lowest BCUT2D eigenvalue weighted by atomic mass is 10.0. The third-order valence-electron chi connectivity index (χ3n) is 4.38. The van der Waals surface area contributed by atoms with Crippen molar-refractivity contribution in [2.24, 2.45) is 5.92 Å². The third kappa shape index (κ3) is 6.52. The summed E-state index contributed by atoms with van der Waals surface area (Å²) in [6.45, 7) is 5.24.